The van der Waals surface area contributed by atoms with Crippen LogP contribution in [0.5, 0.6) is 5.75 Å². The molecule has 0 saturated heterocycles. The van der Waals surface area contributed by atoms with Crippen LogP contribution >= 0.6 is 0 Å². The van der Waals surface area contributed by atoms with Gasteiger partial charge in [0.2, 0.25) is 0 Å². The minimum atomic E-state index is -0.524. The van der Waals surface area contributed by atoms with Crippen LogP contribution in [0.2, 0.25) is 0 Å². The van der Waals surface area contributed by atoms with Gasteiger partial charge in [0.1, 0.15) is 11.4 Å². The van der Waals surface area contributed by atoms with E-state index in [0.717, 1.165) is 11.3 Å². The summed E-state index contributed by atoms with van der Waals surface area (Å²) in [7, 11) is 3.26. The van der Waals surface area contributed by atoms with Crippen LogP contribution in [0.1, 0.15) is 53.5 Å². The van der Waals surface area contributed by atoms with Gasteiger partial charge in [0.05, 0.1) is 32.3 Å². The molecule has 0 aromatic heterocycles. The molecule has 0 amide bonds. The predicted octanol–water partition coefficient (Wildman–Crippen LogP) is 4.62. The summed E-state index contributed by atoms with van der Waals surface area (Å²) in [5.74, 6) is 6.61. The van der Waals surface area contributed by atoms with E-state index >= 15 is 0 Å². The van der Waals surface area contributed by atoms with E-state index in [-0.39, 0.29) is 36.4 Å². The lowest BCUT2D eigenvalue weighted by atomic mass is 9.87. The van der Waals surface area contributed by atoms with Crippen molar-refractivity contribution in [3.05, 3.63) is 29.8 Å². The van der Waals surface area contributed by atoms with Crippen LogP contribution in [0, 0.1) is 23.7 Å². The molecule has 1 aromatic rings. The van der Waals surface area contributed by atoms with E-state index in [4.69, 9.17) is 18.9 Å². The second kappa shape index (κ2) is 11.8. The van der Waals surface area contributed by atoms with Crippen LogP contribution in [-0.2, 0) is 25.6 Å². The van der Waals surface area contributed by atoms with Gasteiger partial charge in [-0.05, 0) is 52.3 Å². The summed E-state index contributed by atoms with van der Waals surface area (Å²) < 4.78 is 22.6. The highest BCUT2D eigenvalue weighted by molar-refractivity contribution is 5.70. The first-order valence-corrected chi connectivity index (χ1v) is 10.0. The lowest BCUT2D eigenvalue weighted by Crippen LogP contribution is -2.39. The van der Waals surface area contributed by atoms with Crippen LogP contribution in [0.15, 0.2) is 24.3 Å². The average molecular weight is 405 g/mol. The summed E-state index contributed by atoms with van der Waals surface area (Å²) in [6.45, 7) is 11.9. The Kier molecular flexibility index (Phi) is 10.2. The van der Waals surface area contributed by atoms with E-state index < -0.39 is 5.60 Å². The highest BCUT2D eigenvalue weighted by atomic mass is 16.6. The van der Waals surface area contributed by atoms with Crippen LogP contribution in [-0.4, -0.2) is 38.0 Å². The molecule has 0 N–H and O–H groups in total. The van der Waals surface area contributed by atoms with Crippen molar-refractivity contribution in [3.63, 3.8) is 0 Å². The first-order valence-electron chi connectivity index (χ1n) is 10.0. The maximum atomic E-state index is 12.3. The minimum absolute atomic E-state index is 0.00969. The molecule has 1 rings (SSSR count). The zero-order chi connectivity index (χ0) is 22.0. The third-order valence-corrected chi connectivity index (χ3v) is 4.66. The Labute approximate surface area is 176 Å². The zero-order valence-corrected chi connectivity index (χ0v) is 19.1. The average Bonchev–Trinajstić information content (AvgIpc) is 2.65. The van der Waals surface area contributed by atoms with Crippen molar-refractivity contribution in [2.75, 3.05) is 14.2 Å². The fraction of sp³-hybridized carbons (Fsp3) is 0.625. The van der Waals surface area contributed by atoms with Crippen LogP contribution in [0.3, 0.4) is 0 Å². The first-order chi connectivity index (χ1) is 13.6. The lowest BCUT2D eigenvalue weighted by molar-refractivity contribution is -0.160. The molecule has 0 aliphatic rings. The van der Waals surface area contributed by atoms with Gasteiger partial charge in [0.25, 0.3) is 0 Å². The summed E-state index contributed by atoms with van der Waals surface area (Å²) >= 11 is 0. The van der Waals surface area contributed by atoms with Crippen LogP contribution in [0.25, 0.3) is 0 Å². The van der Waals surface area contributed by atoms with Gasteiger partial charge in [-0.15, -0.1) is 5.92 Å². The Morgan fingerprint density at radius 2 is 1.72 bits per heavy atom. The number of carbonyl (C=O) groups is 1. The third kappa shape index (κ3) is 8.89. The SMILES string of the molecule is CC#C[C@@H](C)[C@@H](OCc1ccc(OC)cc1)[C@H](C)[C@@H](CC(=O)OC(C)(C)C)OC. The fourth-order valence-electron chi connectivity index (χ4n) is 3.22. The van der Waals surface area contributed by atoms with Gasteiger partial charge < -0.3 is 18.9 Å². The molecule has 0 heterocycles. The van der Waals surface area contributed by atoms with Gasteiger partial charge in [-0.1, -0.05) is 25.0 Å². The van der Waals surface area contributed by atoms with E-state index in [2.05, 4.69) is 11.8 Å². The van der Waals surface area contributed by atoms with Crippen molar-refractivity contribution in [3.8, 4) is 17.6 Å². The van der Waals surface area contributed by atoms with Crippen molar-refractivity contribution in [2.45, 2.75) is 72.4 Å². The maximum absolute atomic E-state index is 12.3. The van der Waals surface area contributed by atoms with Gasteiger partial charge in [0.15, 0.2) is 0 Å². The Bertz CT molecular complexity index is 678. The topological polar surface area (TPSA) is 54.0 Å². The molecule has 0 bridgehead atoms. The molecule has 4 atom stereocenters. The molecule has 0 radical (unpaired) electrons. The largest absolute Gasteiger partial charge is 0.497 e. The van der Waals surface area contributed by atoms with Gasteiger partial charge in [-0.3, -0.25) is 4.79 Å². The van der Waals surface area contributed by atoms with Gasteiger partial charge in [-0.25, -0.2) is 0 Å². The van der Waals surface area contributed by atoms with Crippen molar-refractivity contribution >= 4 is 5.97 Å². The summed E-state index contributed by atoms with van der Waals surface area (Å²) in [6, 6.07) is 7.77. The normalized spacial score (nSPS) is 15.4. The number of ether oxygens (including phenoxy) is 4. The van der Waals surface area contributed by atoms with E-state index in [1.165, 1.54) is 0 Å². The molecule has 162 valence electrons. The van der Waals surface area contributed by atoms with Gasteiger partial charge >= 0.3 is 5.97 Å². The molecule has 5 nitrogen and oxygen atoms in total. The van der Waals surface area contributed by atoms with Crippen molar-refractivity contribution in [2.24, 2.45) is 11.8 Å². The first kappa shape index (κ1) is 25.0. The lowest BCUT2D eigenvalue weighted by Gasteiger charge is -2.32. The van der Waals surface area contributed by atoms with Gasteiger partial charge in [0, 0.05) is 18.9 Å². The molecular weight excluding hydrogens is 368 g/mol. The number of rotatable bonds is 10. The number of hydrogen-bond acceptors (Lipinski definition) is 5. The Morgan fingerprint density at radius 1 is 1.10 bits per heavy atom. The number of carbonyl (C=O) groups excluding carboxylic acids is 1. The number of methoxy groups -OCH3 is 2. The van der Waals surface area contributed by atoms with Crippen LogP contribution in [0.4, 0.5) is 0 Å². The van der Waals surface area contributed by atoms with Gasteiger partial charge in [-0.2, -0.15) is 0 Å². The molecule has 29 heavy (non-hydrogen) atoms. The highest BCUT2D eigenvalue weighted by Crippen LogP contribution is 2.26. The van der Waals surface area contributed by atoms with E-state index in [1.54, 1.807) is 14.2 Å². The van der Waals surface area contributed by atoms with Crippen LogP contribution < -0.4 is 4.74 Å². The molecule has 0 unspecified atom stereocenters. The predicted molar refractivity (Wildman–Crippen MR) is 115 cm³/mol. The number of benzene rings is 1. The standard InChI is InChI=1S/C24H36O5/c1-9-10-17(2)23(28-16-19-11-13-20(26-7)14-12-19)18(3)21(27-8)15-22(25)29-24(4,5)6/h11-14,17-18,21,23H,15-16H2,1-8H3/t17-,18-,21-,23-/m1/s1. The summed E-state index contributed by atoms with van der Waals surface area (Å²) in [5.41, 5.74) is 0.518. The summed E-state index contributed by atoms with van der Waals surface area (Å²) in [6.07, 6.45) is -0.354. The monoisotopic (exact) mass is 404 g/mol. The molecule has 0 saturated carbocycles. The highest BCUT2D eigenvalue weighted by Gasteiger charge is 2.32. The smallest absolute Gasteiger partial charge is 0.308 e. The number of hydrogen-bond donors (Lipinski definition) is 0. The summed E-state index contributed by atoms with van der Waals surface area (Å²) in [4.78, 5) is 12.3. The summed E-state index contributed by atoms with van der Waals surface area (Å²) in [5, 5.41) is 0. The van der Waals surface area contributed by atoms with Crippen molar-refractivity contribution in [1.82, 2.24) is 0 Å². The van der Waals surface area contributed by atoms with E-state index in [9.17, 15) is 4.79 Å². The Morgan fingerprint density at radius 3 is 2.21 bits per heavy atom. The second-order valence-electron chi connectivity index (χ2n) is 8.23. The molecule has 0 aliphatic carbocycles. The van der Waals surface area contributed by atoms with Crippen molar-refractivity contribution < 1.29 is 23.7 Å². The number of esters is 1. The molecule has 1 aromatic carbocycles. The fourth-order valence-corrected chi connectivity index (χ4v) is 3.22. The second-order valence-corrected chi connectivity index (χ2v) is 8.23. The molecule has 5 heteroatoms. The molecule has 0 fully saturated rings. The molecule has 0 spiro atoms. The quantitative estimate of drug-likeness (QED) is 0.421. The zero-order valence-electron chi connectivity index (χ0n) is 19.1. The van der Waals surface area contributed by atoms with E-state index in [0.29, 0.717) is 6.61 Å². The third-order valence-electron chi connectivity index (χ3n) is 4.66. The Balaban J connectivity index is 2.89. The molecule has 0 aliphatic heterocycles. The van der Waals surface area contributed by atoms with Crippen molar-refractivity contribution in [1.29, 1.82) is 0 Å². The van der Waals surface area contributed by atoms with E-state index in [1.807, 2.05) is 65.8 Å². The minimum Gasteiger partial charge on any atom is -0.497 e. The Hall–Kier alpha value is -2.03. The molecular formula is C24H36O5. The maximum Gasteiger partial charge on any atom is 0.308 e.